The molecule has 100 valence electrons. The average Bonchev–Trinajstić information content (AvgIpc) is 2.29. The molecule has 1 heterocycles. The molecule has 0 spiro atoms. The molecule has 1 saturated heterocycles. The Morgan fingerprint density at radius 3 is 2.82 bits per heavy atom. The van der Waals surface area contributed by atoms with Crippen LogP contribution < -0.4 is 5.32 Å². The fraction of sp³-hybridized carbons (Fsp3) is 0.929. The van der Waals surface area contributed by atoms with Crippen molar-refractivity contribution in [1.29, 1.82) is 0 Å². The molecule has 3 nitrogen and oxygen atoms in total. The maximum Gasteiger partial charge on any atom is 0.193 e. The topological polar surface area (TPSA) is 27.6 Å². The Morgan fingerprint density at radius 2 is 2.24 bits per heavy atom. The number of hydrogen-bond donors (Lipinski definition) is 1. The normalized spacial score (nSPS) is 22.1. The number of likely N-dealkylation sites (tertiary alicyclic amines) is 1. The van der Waals surface area contributed by atoms with Crippen molar-refractivity contribution in [2.45, 2.75) is 46.5 Å². The first-order valence-electron chi connectivity index (χ1n) is 7.09. The van der Waals surface area contributed by atoms with Crippen molar-refractivity contribution in [1.82, 2.24) is 10.2 Å². The summed E-state index contributed by atoms with van der Waals surface area (Å²) in [7, 11) is 1.89. The summed E-state index contributed by atoms with van der Waals surface area (Å²) in [6.07, 6.45) is 5.19. The maximum absolute atomic E-state index is 4.39. The molecule has 0 radical (unpaired) electrons. The molecule has 0 saturated carbocycles. The van der Waals surface area contributed by atoms with Crippen molar-refractivity contribution >= 4 is 5.96 Å². The number of piperidine rings is 1. The molecule has 1 N–H and O–H groups in total. The largest absolute Gasteiger partial charge is 0.356 e. The van der Waals surface area contributed by atoms with Crippen LogP contribution in [0.5, 0.6) is 0 Å². The summed E-state index contributed by atoms with van der Waals surface area (Å²) in [4.78, 5) is 6.80. The molecule has 1 fully saturated rings. The highest BCUT2D eigenvalue weighted by molar-refractivity contribution is 5.79. The Balaban J connectivity index is 2.28. The van der Waals surface area contributed by atoms with E-state index in [1.54, 1.807) is 0 Å². The lowest BCUT2D eigenvalue weighted by atomic mass is 10.0. The van der Waals surface area contributed by atoms with E-state index >= 15 is 0 Å². The van der Waals surface area contributed by atoms with Crippen LogP contribution in [0.25, 0.3) is 0 Å². The summed E-state index contributed by atoms with van der Waals surface area (Å²) in [5, 5.41) is 3.49. The maximum atomic E-state index is 4.39. The van der Waals surface area contributed by atoms with Gasteiger partial charge in [0.25, 0.3) is 0 Å². The van der Waals surface area contributed by atoms with Gasteiger partial charge in [-0.15, -0.1) is 0 Å². The summed E-state index contributed by atoms with van der Waals surface area (Å²) in [5.74, 6) is 2.70. The minimum Gasteiger partial charge on any atom is -0.356 e. The third kappa shape index (κ3) is 5.42. The fourth-order valence-corrected chi connectivity index (χ4v) is 2.42. The van der Waals surface area contributed by atoms with Crippen LogP contribution in [-0.4, -0.2) is 37.5 Å². The highest BCUT2D eigenvalue weighted by Crippen LogP contribution is 2.15. The highest BCUT2D eigenvalue weighted by atomic mass is 15.3. The second-order valence-corrected chi connectivity index (χ2v) is 5.70. The van der Waals surface area contributed by atoms with E-state index in [0.717, 1.165) is 37.4 Å². The summed E-state index contributed by atoms with van der Waals surface area (Å²) in [5.41, 5.74) is 0. The lowest BCUT2D eigenvalue weighted by Crippen LogP contribution is -2.46. The summed E-state index contributed by atoms with van der Waals surface area (Å²) < 4.78 is 0. The zero-order valence-corrected chi connectivity index (χ0v) is 12.0. The third-order valence-electron chi connectivity index (χ3n) is 3.41. The molecule has 3 heteroatoms. The van der Waals surface area contributed by atoms with E-state index in [9.17, 15) is 0 Å². The van der Waals surface area contributed by atoms with E-state index < -0.39 is 0 Å². The summed E-state index contributed by atoms with van der Waals surface area (Å²) in [6, 6.07) is 0. The van der Waals surface area contributed by atoms with Crippen LogP contribution in [-0.2, 0) is 0 Å². The molecule has 0 aromatic heterocycles. The zero-order valence-electron chi connectivity index (χ0n) is 12.0. The van der Waals surface area contributed by atoms with Crippen molar-refractivity contribution in [3.63, 3.8) is 0 Å². The molecule has 1 aliphatic rings. The first kappa shape index (κ1) is 14.3. The second-order valence-electron chi connectivity index (χ2n) is 5.70. The van der Waals surface area contributed by atoms with Crippen molar-refractivity contribution in [2.24, 2.45) is 16.8 Å². The van der Waals surface area contributed by atoms with Gasteiger partial charge in [-0.25, -0.2) is 0 Å². The molecule has 0 aliphatic carbocycles. The van der Waals surface area contributed by atoms with Crippen molar-refractivity contribution < 1.29 is 0 Å². The molecule has 0 aromatic carbocycles. The van der Waals surface area contributed by atoms with Crippen molar-refractivity contribution in [3.05, 3.63) is 0 Å². The molecule has 1 aliphatic heterocycles. The SMILES string of the molecule is CN=C(NCCCC(C)C)N1CCCC(C)C1. The van der Waals surface area contributed by atoms with E-state index in [1.807, 2.05) is 7.05 Å². The molecule has 0 aromatic rings. The van der Waals surface area contributed by atoms with Gasteiger partial charge in [-0.3, -0.25) is 4.99 Å². The van der Waals surface area contributed by atoms with Crippen LogP contribution in [0.1, 0.15) is 46.5 Å². The second kappa shape index (κ2) is 7.57. The van der Waals surface area contributed by atoms with E-state index in [1.165, 1.54) is 25.7 Å². The minimum absolute atomic E-state index is 0.800. The molecule has 1 atom stereocenters. The Kier molecular flexibility index (Phi) is 6.38. The van der Waals surface area contributed by atoms with Gasteiger partial charge < -0.3 is 10.2 Å². The minimum atomic E-state index is 0.800. The van der Waals surface area contributed by atoms with E-state index in [-0.39, 0.29) is 0 Å². The van der Waals surface area contributed by atoms with Gasteiger partial charge in [-0.2, -0.15) is 0 Å². The quantitative estimate of drug-likeness (QED) is 0.464. The number of nitrogens with one attached hydrogen (secondary N) is 1. The van der Waals surface area contributed by atoms with E-state index in [0.29, 0.717) is 0 Å². The summed E-state index contributed by atoms with van der Waals surface area (Å²) in [6.45, 7) is 10.3. The summed E-state index contributed by atoms with van der Waals surface area (Å²) >= 11 is 0. The first-order valence-corrected chi connectivity index (χ1v) is 7.09. The van der Waals surface area contributed by atoms with Crippen LogP contribution in [0, 0.1) is 11.8 Å². The number of hydrogen-bond acceptors (Lipinski definition) is 1. The van der Waals surface area contributed by atoms with Crippen molar-refractivity contribution in [3.8, 4) is 0 Å². The van der Waals surface area contributed by atoms with Crippen LogP contribution in [0.3, 0.4) is 0 Å². The number of guanidine groups is 1. The zero-order chi connectivity index (χ0) is 12.7. The van der Waals surface area contributed by atoms with Gasteiger partial charge in [0, 0.05) is 26.7 Å². The Bertz CT molecular complexity index is 236. The first-order chi connectivity index (χ1) is 8.13. The van der Waals surface area contributed by atoms with Gasteiger partial charge in [0.05, 0.1) is 0 Å². The van der Waals surface area contributed by atoms with Gasteiger partial charge in [-0.1, -0.05) is 20.8 Å². The highest BCUT2D eigenvalue weighted by Gasteiger charge is 2.18. The number of nitrogens with zero attached hydrogens (tertiary/aromatic N) is 2. The Labute approximate surface area is 107 Å². The van der Waals surface area contributed by atoms with Crippen LogP contribution in [0.2, 0.25) is 0 Å². The molecular weight excluding hydrogens is 210 g/mol. The molecular formula is C14H29N3. The van der Waals surface area contributed by atoms with E-state index in [2.05, 4.69) is 36.0 Å². The Morgan fingerprint density at radius 1 is 1.47 bits per heavy atom. The van der Waals surface area contributed by atoms with Gasteiger partial charge in [0.1, 0.15) is 0 Å². The third-order valence-corrected chi connectivity index (χ3v) is 3.41. The Hall–Kier alpha value is -0.730. The molecule has 0 amide bonds. The van der Waals surface area contributed by atoms with Crippen LogP contribution in [0.4, 0.5) is 0 Å². The average molecular weight is 239 g/mol. The van der Waals surface area contributed by atoms with Gasteiger partial charge in [0.2, 0.25) is 0 Å². The monoisotopic (exact) mass is 239 g/mol. The smallest absolute Gasteiger partial charge is 0.193 e. The fourth-order valence-electron chi connectivity index (χ4n) is 2.42. The number of rotatable bonds is 4. The predicted octanol–water partition coefficient (Wildman–Crippen LogP) is 2.73. The molecule has 0 bridgehead atoms. The molecule has 1 rings (SSSR count). The van der Waals surface area contributed by atoms with Crippen LogP contribution in [0.15, 0.2) is 4.99 Å². The lowest BCUT2D eigenvalue weighted by molar-refractivity contribution is 0.266. The molecule has 17 heavy (non-hydrogen) atoms. The van der Waals surface area contributed by atoms with Gasteiger partial charge in [0.15, 0.2) is 5.96 Å². The predicted molar refractivity (Wildman–Crippen MR) is 75.4 cm³/mol. The number of aliphatic imine (C=N–C) groups is 1. The lowest BCUT2D eigenvalue weighted by Gasteiger charge is -2.33. The van der Waals surface area contributed by atoms with Crippen molar-refractivity contribution in [2.75, 3.05) is 26.7 Å². The van der Waals surface area contributed by atoms with Gasteiger partial charge >= 0.3 is 0 Å². The standard InChI is InChI=1S/C14H29N3/c1-12(2)7-5-9-16-14(15-4)17-10-6-8-13(3)11-17/h12-13H,5-11H2,1-4H3,(H,15,16). The van der Waals surface area contributed by atoms with E-state index in [4.69, 9.17) is 0 Å². The molecule has 1 unspecified atom stereocenters. The van der Waals surface area contributed by atoms with Crippen LogP contribution >= 0.6 is 0 Å². The van der Waals surface area contributed by atoms with Gasteiger partial charge in [-0.05, 0) is 37.5 Å².